The number of hydrogen-bond acceptors (Lipinski definition) is 2. The maximum atomic E-state index is 11.4. The average molecular weight is 268 g/mol. The fraction of sp³-hybridized carbons (Fsp3) is 0.714. The monoisotopic (exact) mass is 268 g/mol. The van der Waals surface area contributed by atoms with Crippen molar-refractivity contribution in [3.63, 3.8) is 0 Å². The molecule has 0 bridgehead atoms. The highest BCUT2D eigenvalue weighted by Crippen LogP contribution is 2.14. The summed E-state index contributed by atoms with van der Waals surface area (Å²) in [5, 5.41) is 14.1. The third-order valence-electron chi connectivity index (χ3n) is 2.89. The Labute approximate surface area is 115 Å². The molecule has 0 spiro atoms. The van der Waals surface area contributed by atoms with Crippen LogP contribution in [0.5, 0.6) is 0 Å². The summed E-state index contributed by atoms with van der Waals surface area (Å²) in [4.78, 5) is 21.9. The number of aliphatic carboxylic acids is 1. The van der Waals surface area contributed by atoms with Crippen molar-refractivity contribution in [2.75, 3.05) is 13.1 Å². The van der Waals surface area contributed by atoms with Gasteiger partial charge in [-0.05, 0) is 25.7 Å². The number of hydrogen-bond donors (Lipinski definition) is 3. The second-order valence-electron chi connectivity index (χ2n) is 4.35. The molecule has 5 heteroatoms. The molecular formula is C14H24N2O3. The molecular weight excluding hydrogens is 244 g/mol. The summed E-state index contributed by atoms with van der Waals surface area (Å²) >= 11 is 0. The van der Waals surface area contributed by atoms with E-state index in [0.717, 1.165) is 12.8 Å². The average Bonchev–Trinajstić information content (AvgIpc) is 2.38. The molecule has 1 unspecified atom stereocenters. The third-order valence-corrected chi connectivity index (χ3v) is 2.89. The molecule has 0 radical (unpaired) electrons. The molecule has 0 rings (SSSR count). The highest BCUT2D eigenvalue weighted by atomic mass is 16.4. The largest absolute Gasteiger partial charge is 0.481 e. The van der Waals surface area contributed by atoms with Gasteiger partial charge in [-0.1, -0.05) is 13.3 Å². The number of rotatable bonds is 9. The minimum atomic E-state index is -0.763. The van der Waals surface area contributed by atoms with Crippen molar-refractivity contribution in [2.45, 2.75) is 46.0 Å². The molecule has 0 fully saturated rings. The molecule has 2 amide bonds. The molecule has 0 aliphatic rings. The standard InChI is InChI=1S/C14H24N2O3/c1-3-5-6-10-15-14(19)16-11-9-12(4-2)7-8-13(17)18/h12H,4,6-11H2,1-2H3,(H,17,18)(H2,15,16,19). The van der Waals surface area contributed by atoms with Crippen LogP contribution in [0.1, 0.15) is 46.0 Å². The Bertz CT molecular complexity index is 331. The number of amides is 2. The van der Waals surface area contributed by atoms with Crippen LogP contribution in [-0.2, 0) is 4.79 Å². The summed E-state index contributed by atoms with van der Waals surface area (Å²) < 4.78 is 0. The fourth-order valence-electron chi connectivity index (χ4n) is 1.70. The van der Waals surface area contributed by atoms with Crippen LogP contribution >= 0.6 is 0 Å². The molecule has 0 aromatic carbocycles. The maximum Gasteiger partial charge on any atom is 0.314 e. The van der Waals surface area contributed by atoms with Crippen molar-refractivity contribution in [3.8, 4) is 11.8 Å². The van der Waals surface area contributed by atoms with E-state index >= 15 is 0 Å². The van der Waals surface area contributed by atoms with Crippen molar-refractivity contribution < 1.29 is 14.7 Å². The minimum Gasteiger partial charge on any atom is -0.481 e. The van der Waals surface area contributed by atoms with Crippen molar-refractivity contribution in [1.29, 1.82) is 0 Å². The first-order valence-corrected chi connectivity index (χ1v) is 6.73. The van der Waals surface area contributed by atoms with Crippen LogP contribution in [0.15, 0.2) is 0 Å². The predicted molar refractivity (Wildman–Crippen MR) is 74.7 cm³/mol. The van der Waals surface area contributed by atoms with Gasteiger partial charge in [0.2, 0.25) is 0 Å². The lowest BCUT2D eigenvalue weighted by molar-refractivity contribution is -0.137. The summed E-state index contributed by atoms with van der Waals surface area (Å²) in [6.07, 6.45) is 3.26. The summed E-state index contributed by atoms with van der Waals surface area (Å²) in [5.74, 6) is 5.21. The zero-order valence-corrected chi connectivity index (χ0v) is 11.8. The first kappa shape index (κ1) is 17.3. The summed E-state index contributed by atoms with van der Waals surface area (Å²) in [6, 6.07) is -0.189. The summed E-state index contributed by atoms with van der Waals surface area (Å²) in [5.41, 5.74) is 0. The quantitative estimate of drug-likeness (QED) is 0.442. The van der Waals surface area contributed by atoms with E-state index < -0.39 is 5.97 Å². The smallest absolute Gasteiger partial charge is 0.314 e. The Morgan fingerprint density at radius 3 is 2.47 bits per heavy atom. The molecule has 0 aromatic rings. The third kappa shape index (κ3) is 11.1. The number of carboxylic acids is 1. The lowest BCUT2D eigenvalue weighted by Crippen LogP contribution is -2.37. The van der Waals surface area contributed by atoms with Crippen molar-refractivity contribution in [2.24, 2.45) is 5.92 Å². The normalized spacial score (nSPS) is 11.1. The van der Waals surface area contributed by atoms with Crippen molar-refractivity contribution in [1.82, 2.24) is 10.6 Å². The Morgan fingerprint density at radius 2 is 1.89 bits per heavy atom. The van der Waals surface area contributed by atoms with Gasteiger partial charge in [0.05, 0.1) is 0 Å². The molecule has 0 aliphatic heterocycles. The molecule has 0 saturated carbocycles. The minimum absolute atomic E-state index is 0.189. The van der Waals surface area contributed by atoms with Crippen molar-refractivity contribution in [3.05, 3.63) is 0 Å². The van der Waals surface area contributed by atoms with Gasteiger partial charge >= 0.3 is 12.0 Å². The Kier molecular flexibility index (Phi) is 10.4. The van der Waals surface area contributed by atoms with Gasteiger partial charge in [0, 0.05) is 25.9 Å². The number of carboxylic acid groups (broad SMARTS) is 1. The van der Waals surface area contributed by atoms with E-state index in [4.69, 9.17) is 5.11 Å². The van der Waals surface area contributed by atoms with E-state index in [1.807, 2.05) is 6.92 Å². The van der Waals surface area contributed by atoms with E-state index in [9.17, 15) is 9.59 Å². The first-order chi connectivity index (χ1) is 9.10. The van der Waals surface area contributed by atoms with E-state index in [0.29, 0.717) is 31.8 Å². The molecule has 0 aliphatic carbocycles. The maximum absolute atomic E-state index is 11.4. The fourth-order valence-corrected chi connectivity index (χ4v) is 1.70. The highest BCUT2D eigenvalue weighted by Gasteiger charge is 2.09. The second kappa shape index (κ2) is 11.4. The zero-order valence-electron chi connectivity index (χ0n) is 11.8. The molecule has 108 valence electrons. The molecule has 19 heavy (non-hydrogen) atoms. The topological polar surface area (TPSA) is 78.4 Å². The molecule has 5 nitrogen and oxygen atoms in total. The highest BCUT2D eigenvalue weighted by molar-refractivity contribution is 5.73. The van der Waals surface area contributed by atoms with Gasteiger partial charge in [-0.15, -0.1) is 11.8 Å². The first-order valence-electron chi connectivity index (χ1n) is 6.73. The van der Waals surface area contributed by atoms with Gasteiger partial charge in [0.25, 0.3) is 0 Å². The number of urea groups is 1. The lowest BCUT2D eigenvalue weighted by Gasteiger charge is -2.14. The lowest BCUT2D eigenvalue weighted by atomic mass is 9.97. The Morgan fingerprint density at radius 1 is 1.21 bits per heavy atom. The van der Waals surface area contributed by atoms with Crippen LogP contribution in [0.4, 0.5) is 4.79 Å². The Balaban J connectivity index is 3.64. The molecule has 1 atom stereocenters. The van der Waals surface area contributed by atoms with E-state index in [2.05, 4.69) is 22.5 Å². The van der Waals surface area contributed by atoms with Crippen LogP contribution in [0.25, 0.3) is 0 Å². The SMILES string of the molecule is CC#CCCNC(=O)NCCC(CC)CCC(=O)O. The van der Waals surface area contributed by atoms with Gasteiger partial charge in [0.1, 0.15) is 0 Å². The van der Waals surface area contributed by atoms with Gasteiger partial charge in [-0.3, -0.25) is 4.79 Å². The number of carbonyl (C=O) groups excluding carboxylic acids is 1. The van der Waals surface area contributed by atoms with Crippen LogP contribution in [0.3, 0.4) is 0 Å². The van der Waals surface area contributed by atoms with Gasteiger partial charge in [-0.25, -0.2) is 4.79 Å². The van der Waals surface area contributed by atoms with Crippen LogP contribution in [-0.4, -0.2) is 30.2 Å². The number of nitrogens with one attached hydrogen (secondary N) is 2. The molecule has 3 N–H and O–H groups in total. The second-order valence-corrected chi connectivity index (χ2v) is 4.35. The van der Waals surface area contributed by atoms with Gasteiger partial charge < -0.3 is 15.7 Å². The number of carbonyl (C=O) groups is 2. The van der Waals surface area contributed by atoms with Crippen LogP contribution < -0.4 is 10.6 Å². The molecule has 0 heterocycles. The predicted octanol–water partition coefficient (Wildman–Crippen LogP) is 1.98. The van der Waals surface area contributed by atoms with Gasteiger partial charge in [0.15, 0.2) is 0 Å². The molecule has 0 saturated heterocycles. The van der Waals surface area contributed by atoms with E-state index in [1.165, 1.54) is 0 Å². The summed E-state index contributed by atoms with van der Waals surface area (Å²) in [6.45, 7) is 4.92. The molecule has 0 aromatic heterocycles. The zero-order chi connectivity index (χ0) is 14.5. The van der Waals surface area contributed by atoms with Gasteiger partial charge in [-0.2, -0.15) is 0 Å². The summed E-state index contributed by atoms with van der Waals surface area (Å²) in [7, 11) is 0. The van der Waals surface area contributed by atoms with Crippen molar-refractivity contribution >= 4 is 12.0 Å². The van der Waals surface area contributed by atoms with Crippen LogP contribution in [0.2, 0.25) is 0 Å². The van der Waals surface area contributed by atoms with E-state index in [-0.39, 0.29) is 12.5 Å². The Hall–Kier alpha value is -1.70. The van der Waals surface area contributed by atoms with Crippen LogP contribution in [0, 0.1) is 17.8 Å². The van der Waals surface area contributed by atoms with E-state index in [1.54, 1.807) is 6.92 Å².